The molecule has 0 radical (unpaired) electrons. The number of anilines is 1. The number of benzene rings is 2. The normalized spacial score (nSPS) is 16.6. The molecule has 3 heterocycles. The molecule has 1 aliphatic heterocycles. The quantitative estimate of drug-likeness (QED) is 0.393. The number of carbonyl (C=O) groups is 1. The molecule has 2 aromatic heterocycles. The lowest BCUT2D eigenvalue weighted by Crippen LogP contribution is -2.36. The summed E-state index contributed by atoms with van der Waals surface area (Å²) in [6.45, 7) is 6.21. The Labute approximate surface area is 202 Å². The van der Waals surface area contributed by atoms with Crippen LogP contribution in [0.1, 0.15) is 47.0 Å². The van der Waals surface area contributed by atoms with E-state index in [1.807, 2.05) is 31.3 Å². The molecule has 1 unspecified atom stereocenters. The molecule has 2 aromatic carbocycles. The number of nitrogens with zero attached hydrogens (tertiary/aromatic N) is 2. The van der Waals surface area contributed by atoms with Gasteiger partial charge in [-0.05, 0) is 57.5 Å². The highest BCUT2D eigenvalue weighted by Gasteiger charge is 2.19. The number of hydrogen-bond donors (Lipinski definition) is 1. The van der Waals surface area contributed by atoms with E-state index in [9.17, 15) is 9.59 Å². The lowest BCUT2D eigenvalue weighted by Gasteiger charge is -2.32. The molecule has 1 amide bonds. The maximum absolute atomic E-state index is 12.7. The van der Waals surface area contributed by atoms with E-state index in [1.54, 1.807) is 24.3 Å². The van der Waals surface area contributed by atoms with Crippen molar-refractivity contribution >= 4 is 33.3 Å². The fraction of sp³-hybridized carbons (Fsp3) is 0.296. The van der Waals surface area contributed by atoms with Crippen molar-refractivity contribution in [3.05, 3.63) is 81.0 Å². The SMILES string of the molecule is Cc1ccc2oc(-c3ccc(C(=O)Nc4ncc(CN5CCCCC5C)s4)cc3)cc(=O)c2c1. The van der Waals surface area contributed by atoms with Crippen molar-refractivity contribution in [1.29, 1.82) is 0 Å². The summed E-state index contributed by atoms with van der Waals surface area (Å²) < 4.78 is 5.94. The molecule has 1 aliphatic rings. The Morgan fingerprint density at radius 1 is 1.18 bits per heavy atom. The molecule has 0 aliphatic carbocycles. The Kier molecular flexibility index (Phi) is 6.30. The van der Waals surface area contributed by atoms with E-state index in [-0.39, 0.29) is 11.3 Å². The van der Waals surface area contributed by atoms with Crippen molar-refractivity contribution in [1.82, 2.24) is 9.88 Å². The van der Waals surface area contributed by atoms with Crippen molar-refractivity contribution in [3.63, 3.8) is 0 Å². The predicted molar refractivity (Wildman–Crippen MR) is 136 cm³/mol. The molecule has 5 rings (SSSR count). The number of hydrogen-bond acceptors (Lipinski definition) is 6. The maximum atomic E-state index is 12.7. The van der Waals surface area contributed by atoms with Crippen LogP contribution in [0.15, 0.2) is 63.9 Å². The zero-order chi connectivity index (χ0) is 23.7. The van der Waals surface area contributed by atoms with Crippen LogP contribution in [0.5, 0.6) is 0 Å². The highest BCUT2D eigenvalue weighted by molar-refractivity contribution is 7.15. The summed E-state index contributed by atoms with van der Waals surface area (Å²) >= 11 is 1.52. The summed E-state index contributed by atoms with van der Waals surface area (Å²) in [7, 11) is 0. The highest BCUT2D eigenvalue weighted by Crippen LogP contribution is 2.26. The molecule has 4 aromatic rings. The van der Waals surface area contributed by atoms with Gasteiger partial charge in [-0.2, -0.15) is 0 Å². The Morgan fingerprint density at radius 3 is 2.79 bits per heavy atom. The number of thiazole rings is 1. The van der Waals surface area contributed by atoms with Crippen molar-refractivity contribution in [2.75, 3.05) is 11.9 Å². The molecular formula is C27H27N3O3S. The van der Waals surface area contributed by atoms with Gasteiger partial charge in [0.15, 0.2) is 10.6 Å². The van der Waals surface area contributed by atoms with Gasteiger partial charge < -0.3 is 4.42 Å². The number of piperidine rings is 1. The van der Waals surface area contributed by atoms with Crippen molar-refractivity contribution in [2.45, 2.75) is 45.7 Å². The second-order valence-electron chi connectivity index (χ2n) is 8.95. The van der Waals surface area contributed by atoms with E-state index < -0.39 is 0 Å². The van der Waals surface area contributed by atoms with E-state index >= 15 is 0 Å². The van der Waals surface area contributed by atoms with Crippen LogP contribution in [0.2, 0.25) is 0 Å². The molecule has 0 bridgehead atoms. The molecule has 6 nitrogen and oxygen atoms in total. The van der Waals surface area contributed by atoms with Crippen molar-refractivity contribution in [3.8, 4) is 11.3 Å². The molecule has 34 heavy (non-hydrogen) atoms. The van der Waals surface area contributed by atoms with E-state index in [2.05, 4.69) is 22.1 Å². The van der Waals surface area contributed by atoms with Gasteiger partial charge in [-0.3, -0.25) is 19.8 Å². The van der Waals surface area contributed by atoms with Crippen LogP contribution < -0.4 is 10.7 Å². The molecule has 0 saturated carbocycles. The number of rotatable bonds is 5. The van der Waals surface area contributed by atoms with E-state index in [0.717, 1.165) is 29.1 Å². The zero-order valence-corrected chi connectivity index (χ0v) is 20.2. The minimum atomic E-state index is -0.214. The molecule has 174 valence electrons. The summed E-state index contributed by atoms with van der Waals surface area (Å²) in [6, 6.07) is 14.7. The number of aryl methyl sites for hydroxylation is 1. The molecule has 1 atom stereocenters. The lowest BCUT2D eigenvalue weighted by molar-refractivity contribution is 0.102. The Hall–Kier alpha value is -3.29. The summed E-state index contributed by atoms with van der Waals surface area (Å²) in [5.41, 5.74) is 2.73. The van der Waals surface area contributed by atoms with E-state index in [0.29, 0.717) is 33.5 Å². The fourth-order valence-corrected chi connectivity index (χ4v) is 5.23. The van der Waals surface area contributed by atoms with Crippen LogP contribution in [0.3, 0.4) is 0 Å². The second-order valence-corrected chi connectivity index (χ2v) is 10.1. The smallest absolute Gasteiger partial charge is 0.257 e. The van der Waals surface area contributed by atoms with Gasteiger partial charge in [0.05, 0.1) is 5.39 Å². The van der Waals surface area contributed by atoms with Gasteiger partial charge in [0, 0.05) is 40.9 Å². The summed E-state index contributed by atoms with van der Waals surface area (Å²) in [6.07, 6.45) is 5.63. The molecule has 1 fully saturated rings. The topological polar surface area (TPSA) is 75.4 Å². The van der Waals surface area contributed by atoms with Crippen LogP contribution in [-0.4, -0.2) is 28.4 Å². The first-order valence-electron chi connectivity index (χ1n) is 11.6. The third-order valence-corrected chi connectivity index (χ3v) is 7.29. The van der Waals surface area contributed by atoms with Crippen molar-refractivity contribution in [2.24, 2.45) is 0 Å². The first-order chi connectivity index (χ1) is 16.5. The van der Waals surface area contributed by atoms with Crippen LogP contribution >= 0.6 is 11.3 Å². The lowest BCUT2D eigenvalue weighted by atomic mass is 10.0. The van der Waals surface area contributed by atoms with Gasteiger partial charge in [-0.25, -0.2) is 4.98 Å². The summed E-state index contributed by atoms with van der Waals surface area (Å²) in [5, 5.41) is 4.07. The first-order valence-corrected chi connectivity index (χ1v) is 12.4. The number of likely N-dealkylation sites (tertiary alicyclic amines) is 1. The van der Waals surface area contributed by atoms with Gasteiger partial charge >= 0.3 is 0 Å². The summed E-state index contributed by atoms with van der Waals surface area (Å²) in [5.74, 6) is 0.263. The van der Waals surface area contributed by atoms with Gasteiger partial charge in [0.2, 0.25) is 0 Å². The minimum absolute atomic E-state index is 0.0831. The van der Waals surface area contributed by atoms with Gasteiger partial charge in [0.25, 0.3) is 5.91 Å². The minimum Gasteiger partial charge on any atom is -0.456 e. The second kappa shape index (κ2) is 9.52. The average Bonchev–Trinajstić information content (AvgIpc) is 3.27. The maximum Gasteiger partial charge on any atom is 0.257 e. The molecule has 1 saturated heterocycles. The predicted octanol–water partition coefficient (Wildman–Crippen LogP) is 5.85. The largest absolute Gasteiger partial charge is 0.456 e. The first kappa shape index (κ1) is 22.5. The van der Waals surface area contributed by atoms with Gasteiger partial charge in [0.1, 0.15) is 11.3 Å². The average molecular weight is 474 g/mol. The Bertz CT molecular complexity index is 1390. The van der Waals surface area contributed by atoms with E-state index in [4.69, 9.17) is 4.42 Å². The Balaban J connectivity index is 1.27. The number of fused-ring (bicyclic) bond motifs is 1. The number of carbonyl (C=O) groups excluding carboxylic acids is 1. The van der Waals surface area contributed by atoms with Crippen LogP contribution in [0.4, 0.5) is 5.13 Å². The number of amides is 1. The van der Waals surface area contributed by atoms with Crippen molar-refractivity contribution < 1.29 is 9.21 Å². The number of aromatic nitrogens is 1. The summed E-state index contributed by atoms with van der Waals surface area (Å²) in [4.78, 5) is 33.3. The third kappa shape index (κ3) is 4.81. The monoisotopic (exact) mass is 473 g/mol. The standard InChI is InChI=1S/C27H27N3O3S/c1-17-6-11-24-22(13-17)23(31)14-25(33-24)19-7-9-20(10-8-19)26(32)29-27-28-15-21(34-27)16-30-12-4-3-5-18(30)2/h6-11,13-15,18H,3-5,12,16H2,1-2H3,(H,28,29,32). The Morgan fingerprint density at radius 2 is 2.00 bits per heavy atom. The van der Waals surface area contributed by atoms with Gasteiger partial charge in [-0.15, -0.1) is 11.3 Å². The molecule has 1 N–H and O–H groups in total. The van der Waals surface area contributed by atoms with Crippen LogP contribution in [0.25, 0.3) is 22.3 Å². The van der Waals surface area contributed by atoms with E-state index in [1.165, 1.54) is 36.7 Å². The fourth-order valence-electron chi connectivity index (χ4n) is 4.40. The third-order valence-electron chi connectivity index (χ3n) is 6.39. The van der Waals surface area contributed by atoms with Gasteiger partial charge in [-0.1, -0.05) is 30.2 Å². The van der Waals surface area contributed by atoms with Crippen LogP contribution in [-0.2, 0) is 6.54 Å². The van der Waals surface area contributed by atoms with Crippen LogP contribution in [0, 0.1) is 6.92 Å². The highest BCUT2D eigenvalue weighted by atomic mass is 32.1. The molecule has 7 heteroatoms. The molecular weight excluding hydrogens is 446 g/mol. The number of nitrogens with one attached hydrogen (secondary N) is 1. The molecule has 0 spiro atoms. The zero-order valence-electron chi connectivity index (χ0n) is 19.3.